The van der Waals surface area contributed by atoms with Crippen molar-refractivity contribution in [2.45, 2.75) is 98.9 Å². The summed E-state index contributed by atoms with van der Waals surface area (Å²) in [6.07, 6.45) is 3.34. The van der Waals surface area contributed by atoms with Crippen LogP contribution in [0.5, 0.6) is 5.75 Å². The fourth-order valence-corrected chi connectivity index (χ4v) is 4.51. The third-order valence-corrected chi connectivity index (χ3v) is 6.94. The van der Waals surface area contributed by atoms with Crippen molar-refractivity contribution in [3.05, 3.63) is 35.8 Å². The zero-order valence-corrected chi connectivity index (χ0v) is 24.5. The summed E-state index contributed by atoms with van der Waals surface area (Å²) in [7, 11) is 0. The highest BCUT2D eigenvalue weighted by Crippen LogP contribution is 2.43. The molecule has 0 aromatic carbocycles. The normalized spacial score (nSPS) is 16.5. The molecule has 3 rings (SSSR count). The van der Waals surface area contributed by atoms with E-state index in [0.717, 1.165) is 37.2 Å². The largest absolute Gasteiger partial charge is 0.486 e. The standard InChI is InChI=1S/C30H43F2N3O4/c1-9-30(31,32)18-37-22-10-11-24(34-16-22)23-17-33-21(6)25(26(23)35-14-12-29(7,8)13-15-35)27(38-19(2)3)28(36)39-20(4)5/h10-11,16-17,19-20,27H,9,12-15,18H2,1-8H3/t27-/m0/s1. The fraction of sp³-hybridized carbons (Fsp3) is 0.633. The molecule has 216 valence electrons. The lowest BCUT2D eigenvalue weighted by atomic mass is 9.82. The van der Waals surface area contributed by atoms with E-state index >= 15 is 0 Å². The van der Waals surface area contributed by atoms with Crippen LogP contribution in [0.1, 0.15) is 85.1 Å². The molecule has 0 bridgehead atoms. The smallest absolute Gasteiger partial charge is 0.340 e. The first-order valence-electron chi connectivity index (χ1n) is 13.8. The number of piperidine rings is 1. The minimum absolute atomic E-state index is 0.209. The van der Waals surface area contributed by atoms with E-state index in [4.69, 9.17) is 14.2 Å². The Morgan fingerprint density at radius 2 is 1.74 bits per heavy atom. The Hall–Kier alpha value is -2.81. The molecular formula is C30H43F2N3O4. The molecule has 3 heterocycles. The lowest BCUT2D eigenvalue weighted by Gasteiger charge is -2.40. The van der Waals surface area contributed by atoms with Gasteiger partial charge in [-0.3, -0.25) is 9.97 Å². The van der Waals surface area contributed by atoms with E-state index in [1.165, 1.54) is 13.1 Å². The second-order valence-electron chi connectivity index (χ2n) is 11.6. The van der Waals surface area contributed by atoms with Gasteiger partial charge in [0.15, 0.2) is 12.7 Å². The Morgan fingerprint density at radius 3 is 2.28 bits per heavy atom. The number of pyridine rings is 2. The number of halogens is 2. The summed E-state index contributed by atoms with van der Waals surface area (Å²) >= 11 is 0. The molecule has 0 spiro atoms. The van der Waals surface area contributed by atoms with Crippen LogP contribution >= 0.6 is 0 Å². The maximum Gasteiger partial charge on any atom is 0.340 e. The highest BCUT2D eigenvalue weighted by Gasteiger charge is 2.35. The van der Waals surface area contributed by atoms with Gasteiger partial charge in [0.05, 0.1) is 29.8 Å². The second kappa shape index (κ2) is 12.6. The second-order valence-corrected chi connectivity index (χ2v) is 11.6. The third-order valence-electron chi connectivity index (χ3n) is 6.94. The average molecular weight is 548 g/mol. The number of carbonyl (C=O) groups is 1. The summed E-state index contributed by atoms with van der Waals surface area (Å²) in [5, 5.41) is 0. The Labute approximate surface area is 231 Å². The molecule has 0 N–H and O–H groups in total. The minimum Gasteiger partial charge on any atom is -0.486 e. The molecule has 9 heteroatoms. The van der Waals surface area contributed by atoms with Crippen LogP contribution in [0.25, 0.3) is 11.3 Å². The van der Waals surface area contributed by atoms with Gasteiger partial charge in [-0.25, -0.2) is 13.6 Å². The van der Waals surface area contributed by atoms with Crippen LogP contribution in [-0.4, -0.2) is 53.8 Å². The van der Waals surface area contributed by atoms with Gasteiger partial charge in [0.25, 0.3) is 5.92 Å². The first-order chi connectivity index (χ1) is 18.2. The van der Waals surface area contributed by atoms with Crippen molar-refractivity contribution in [3.8, 4) is 17.0 Å². The number of rotatable bonds is 11. The Kier molecular flexibility index (Phi) is 9.91. The van der Waals surface area contributed by atoms with Gasteiger partial charge in [-0.2, -0.15) is 0 Å². The molecule has 0 amide bonds. The van der Waals surface area contributed by atoms with Gasteiger partial charge >= 0.3 is 5.97 Å². The molecule has 2 aromatic rings. The number of carbonyl (C=O) groups excluding carboxylic acids is 1. The molecule has 1 atom stereocenters. The highest BCUT2D eigenvalue weighted by atomic mass is 19.3. The molecule has 1 fully saturated rings. The first kappa shape index (κ1) is 30.7. The molecule has 1 aliphatic rings. The van der Waals surface area contributed by atoms with E-state index in [1.54, 1.807) is 18.3 Å². The Morgan fingerprint density at radius 1 is 1.08 bits per heavy atom. The molecule has 1 aliphatic heterocycles. The zero-order chi connectivity index (χ0) is 29.0. The lowest BCUT2D eigenvalue weighted by Crippen LogP contribution is -2.39. The van der Waals surface area contributed by atoms with Crippen molar-refractivity contribution in [2.75, 3.05) is 24.6 Å². The van der Waals surface area contributed by atoms with Crippen molar-refractivity contribution in [2.24, 2.45) is 5.41 Å². The average Bonchev–Trinajstić information content (AvgIpc) is 2.86. The monoisotopic (exact) mass is 547 g/mol. The molecule has 1 saturated heterocycles. The van der Waals surface area contributed by atoms with Gasteiger partial charge in [-0.05, 0) is 65.0 Å². The molecule has 0 saturated carbocycles. The minimum atomic E-state index is -2.90. The first-order valence-corrected chi connectivity index (χ1v) is 13.8. The van der Waals surface area contributed by atoms with E-state index < -0.39 is 24.6 Å². The molecule has 2 aromatic heterocycles. The number of hydrogen-bond donors (Lipinski definition) is 0. The summed E-state index contributed by atoms with van der Waals surface area (Å²) in [5.41, 5.74) is 3.71. The molecule has 0 aliphatic carbocycles. The quantitative estimate of drug-likeness (QED) is 0.283. The van der Waals surface area contributed by atoms with Crippen LogP contribution < -0.4 is 9.64 Å². The fourth-order valence-electron chi connectivity index (χ4n) is 4.51. The van der Waals surface area contributed by atoms with Crippen molar-refractivity contribution in [1.29, 1.82) is 0 Å². The predicted molar refractivity (Wildman–Crippen MR) is 148 cm³/mol. The number of hydrogen-bond acceptors (Lipinski definition) is 7. The van der Waals surface area contributed by atoms with E-state index in [2.05, 4.69) is 28.7 Å². The number of esters is 1. The van der Waals surface area contributed by atoms with Crippen LogP contribution in [0.3, 0.4) is 0 Å². The van der Waals surface area contributed by atoms with Crippen LogP contribution in [0.4, 0.5) is 14.5 Å². The summed E-state index contributed by atoms with van der Waals surface area (Å²) < 4.78 is 44.5. The molecule has 0 unspecified atom stereocenters. The number of alkyl halides is 2. The zero-order valence-electron chi connectivity index (χ0n) is 24.5. The predicted octanol–water partition coefficient (Wildman–Crippen LogP) is 6.92. The van der Waals surface area contributed by atoms with Crippen LogP contribution in [-0.2, 0) is 14.3 Å². The number of ether oxygens (including phenoxy) is 3. The van der Waals surface area contributed by atoms with Crippen molar-refractivity contribution < 1.29 is 27.8 Å². The molecule has 0 radical (unpaired) electrons. The van der Waals surface area contributed by atoms with Gasteiger partial charge in [-0.1, -0.05) is 20.8 Å². The van der Waals surface area contributed by atoms with Gasteiger partial charge in [-0.15, -0.1) is 0 Å². The van der Waals surface area contributed by atoms with Crippen molar-refractivity contribution in [3.63, 3.8) is 0 Å². The van der Waals surface area contributed by atoms with Gasteiger partial charge in [0, 0.05) is 42.5 Å². The SMILES string of the molecule is CCC(F)(F)COc1ccc(-c2cnc(C)c([C@H](OC(C)C)C(=O)OC(C)C)c2N2CCC(C)(C)CC2)nc1. The Balaban J connectivity index is 2.11. The topological polar surface area (TPSA) is 73.8 Å². The molecule has 7 nitrogen and oxygen atoms in total. The van der Waals surface area contributed by atoms with E-state index in [1.807, 2.05) is 34.6 Å². The third kappa shape index (κ3) is 8.10. The number of aryl methyl sites for hydroxylation is 1. The molecular weight excluding hydrogens is 504 g/mol. The number of aromatic nitrogens is 2. The summed E-state index contributed by atoms with van der Waals surface area (Å²) in [6.45, 7) is 16.1. The maximum atomic E-state index is 13.7. The van der Waals surface area contributed by atoms with Gasteiger partial charge < -0.3 is 19.1 Å². The summed E-state index contributed by atoms with van der Waals surface area (Å²) in [6, 6.07) is 3.36. The van der Waals surface area contributed by atoms with E-state index in [0.29, 0.717) is 17.0 Å². The number of anilines is 1. The maximum absolute atomic E-state index is 13.7. The highest BCUT2D eigenvalue weighted by molar-refractivity contribution is 5.86. The van der Waals surface area contributed by atoms with Crippen LogP contribution in [0, 0.1) is 12.3 Å². The van der Waals surface area contributed by atoms with Gasteiger partial charge in [0.2, 0.25) is 0 Å². The number of nitrogens with zero attached hydrogens (tertiary/aromatic N) is 3. The van der Waals surface area contributed by atoms with Crippen LogP contribution in [0.2, 0.25) is 0 Å². The van der Waals surface area contributed by atoms with Crippen molar-refractivity contribution >= 4 is 11.7 Å². The van der Waals surface area contributed by atoms with Crippen molar-refractivity contribution in [1.82, 2.24) is 9.97 Å². The van der Waals surface area contributed by atoms with Crippen LogP contribution in [0.15, 0.2) is 24.5 Å². The molecule has 39 heavy (non-hydrogen) atoms. The van der Waals surface area contributed by atoms with Gasteiger partial charge in [0.1, 0.15) is 5.75 Å². The summed E-state index contributed by atoms with van der Waals surface area (Å²) in [5.74, 6) is -3.11. The summed E-state index contributed by atoms with van der Waals surface area (Å²) in [4.78, 5) is 24.8. The Bertz CT molecular complexity index is 1110. The van der Waals surface area contributed by atoms with E-state index in [9.17, 15) is 13.6 Å². The lowest BCUT2D eigenvalue weighted by molar-refractivity contribution is -0.164. The van der Waals surface area contributed by atoms with E-state index in [-0.39, 0.29) is 29.8 Å².